The van der Waals surface area contributed by atoms with Crippen molar-refractivity contribution >= 4 is 16.7 Å². The van der Waals surface area contributed by atoms with Crippen molar-refractivity contribution in [1.82, 2.24) is 9.36 Å². The molecule has 1 aromatic carbocycles. The number of nitrogens with one attached hydrogen (secondary N) is 1. The molecule has 0 radical (unpaired) electrons. The zero-order valence-corrected chi connectivity index (χ0v) is 14.3. The molecule has 22 heavy (non-hydrogen) atoms. The molecule has 0 amide bonds. The van der Waals surface area contributed by atoms with Gasteiger partial charge in [0.1, 0.15) is 11.6 Å². The van der Waals surface area contributed by atoms with Crippen LogP contribution in [0.15, 0.2) is 24.3 Å². The number of nitrogens with zero attached hydrogens (tertiary/aromatic N) is 2. The van der Waals surface area contributed by atoms with Crippen LogP contribution < -0.4 is 10.1 Å². The van der Waals surface area contributed by atoms with E-state index in [9.17, 15) is 5.11 Å². The van der Waals surface area contributed by atoms with Gasteiger partial charge in [0, 0.05) is 23.6 Å². The average molecular weight is 321 g/mol. The highest BCUT2D eigenvalue weighted by atomic mass is 32.1. The monoisotopic (exact) mass is 321 g/mol. The summed E-state index contributed by atoms with van der Waals surface area (Å²) in [6, 6.07) is 7.83. The molecule has 5 nitrogen and oxygen atoms in total. The number of benzene rings is 1. The van der Waals surface area contributed by atoms with E-state index in [1.165, 1.54) is 11.5 Å². The summed E-state index contributed by atoms with van der Waals surface area (Å²) in [5, 5.41) is 13.5. The second-order valence-corrected chi connectivity index (χ2v) is 6.91. The number of hydrogen-bond donors (Lipinski definition) is 2. The number of methoxy groups -OCH3 is 1. The molecule has 1 atom stereocenters. The second kappa shape index (κ2) is 7.07. The lowest BCUT2D eigenvalue weighted by atomic mass is 9.96. The molecule has 1 aromatic heterocycles. The molecule has 1 heterocycles. The zero-order valence-electron chi connectivity index (χ0n) is 13.5. The predicted octanol–water partition coefficient (Wildman–Crippen LogP) is 3.38. The minimum absolute atomic E-state index is 0.00308. The Morgan fingerprint density at radius 2 is 1.95 bits per heavy atom. The van der Waals surface area contributed by atoms with Gasteiger partial charge < -0.3 is 15.2 Å². The first-order chi connectivity index (χ1) is 10.4. The number of anilines is 1. The van der Waals surface area contributed by atoms with Gasteiger partial charge in [0.15, 0.2) is 0 Å². The Bertz CT molecular complexity index is 590. The molecule has 0 bridgehead atoms. The molecule has 2 aromatic rings. The first kappa shape index (κ1) is 16.7. The van der Waals surface area contributed by atoms with Crippen LogP contribution in [-0.2, 0) is 5.41 Å². The predicted molar refractivity (Wildman–Crippen MR) is 89.7 cm³/mol. The van der Waals surface area contributed by atoms with Crippen LogP contribution in [0, 0.1) is 0 Å². The van der Waals surface area contributed by atoms with Crippen molar-refractivity contribution in [2.24, 2.45) is 0 Å². The van der Waals surface area contributed by atoms with Crippen molar-refractivity contribution in [3.8, 4) is 5.75 Å². The molecule has 0 aliphatic rings. The van der Waals surface area contributed by atoms with Crippen LogP contribution in [0.3, 0.4) is 0 Å². The molecular weight excluding hydrogens is 298 g/mol. The molecule has 120 valence electrons. The minimum Gasteiger partial charge on any atom is -0.497 e. The largest absolute Gasteiger partial charge is 0.497 e. The lowest BCUT2D eigenvalue weighted by Gasteiger charge is -2.18. The van der Waals surface area contributed by atoms with Gasteiger partial charge in [-0.05, 0) is 24.1 Å². The number of hydrogen-bond acceptors (Lipinski definition) is 6. The molecule has 1 unspecified atom stereocenters. The van der Waals surface area contributed by atoms with Gasteiger partial charge in [-0.2, -0.15) is 4.37 Å². The number of aliphatic hydroxyl groups excluding tert-OH is 1. The number of aliphatic hydroxyl groups is 1. The van der Waals surface area contributed by atoms with Gasteiger partial charge >= 0.3 is 0 Å². The summed E-state index contributed by atoms with van der Waals surface area (Å²) in [5.41, 5.74) is 1.02. The van der Waals surface area contributed by atoms with E-state index >= 15 is 0 Å². The molecular formula is C16H23N3O2S. The maximum absolute atomic E-state index is 9.31. The van der Waals surface area contributed by atoms with Crippen LogP contribution in [0.4, 0.5) is 5.13 Å². The summed E-state index contributed by atoms with van der Waals surface area (Å²) < 4.78 is 9.59. The Labute approximate surface area is 135 Å². The fourth-order valence-corrected chi connectivity index (χ4v) is 2.83. The fraction of sp³-hybridized carbons (Fsp3) is 0.500. The van der Waals surface area contributed by atoms with Crippen LogP contribution in [0.5, 0.6) is 5.75 Å². The molecule has 6 heteroatoms. The van der Waals surface area contributed by atoms with Crippen molar-refractivity contribution < 1.29 is 9.84 Å². The SMILES string of the molecule is COc1ccc(C(CCO)Nc2nc(C(C)(C)C)ns2)cc1. The van der Waals surface area contributed by atoms with E-state index in [-0.39, 0.29) is 18.1 Å². The van der Waals surface area contributed by atoms with E-state index in [2.05, 4.69) is 35.4 Å². The Morgan fingerprint density at radius 3 is 2.45 bits per heavy atom. The topological polar surface area (TPSA) is 67.3 Å². The van der Waals surface area contributed by atoms with Crippen LogP contribution in [0.25, 0.3) is 0 Å². The van der Waals surface area contributed by atoms with Gasteiger partial charge in [-0.1, -0.05) is 32.9 Å². The maximum Gasteiger partial charge on any atom is 0.203 e. The number of ether oxygens (including phenoxy) is 1. The highest BCUT2D eigenvalue weighted by molar-refractivity contribution is 7.09. The van der Waals surface area contributed by atoms with Gasteiger partial charge in [-0.3, -0.25) is 0 Å². The Kier molecular flexibility index (Phi) is 5.37. The fourth-order valence-electron chi connectivity index (χ4n) is 2.02. The Hall–Kier alpha value is -1.66. The van der Waals surface area contributed by atoms with Crippen molar-refractivity contribution in [3.63, 3.8) is 0 Å². The third-order valence-corrected chi connectivity index (χ3v) is 3.98. The molecule has 0 fully saturated rings. The van der Waals surface area contributed by atoms with Crippen LogP contribution in [0.2, 0.25) is 0 Å². The Balaban J connectivity index is 2.15. The first-order valence-corrected chi connectivity index (χ1v) is 8.07. The minimum atomic E-state index is -0.0665. The van der Waals surface area contributed by atoms with Crippen molar-refractivity contribution in [3.05, 3.63) is 35.7 Å². The normalized spacial score (nSPS) is 13.0. The molecule has 0 aliphatic heterocycles. The van der Waals surface area contributed by atoms with Crippen LogP contribution in [-0.4, -0.2) is 28.2 Å². The summed E-state index contributed by atoms with van der Waals surface area (Å²) in [7, 11) is 1.65. The van der Waals surface area contributed by atoms with E-state index in [1.807, 2.05) is 24.3 Å². The van der Waals surface area contributed by atoms with Gasteiger partial charge in [0.05, 0.1) is 13.2 Å². The summed E-state index contributed by atoms with van der Waals surface area (Å²) in [4.78, 5) is 4.55. The van der Waals surface area contributed by atoms with Crippen molar-refractivity contribution in [2.75, 3.05) is 19.0 Å². The van der Waals surface area contributed by atoms with E-state index in [0.717, 1.165) is 22.3 Å². The number of aromatic nitrogens is 2. The quantitative estimate of drug-likeness (QED) is 0.854. The van der Waals surface area contributed by atoms with Gasteiger partial charge in [-0.25, -0.2) is 4.98 Å². The zero-order chi connectivity index (χ0) is 16.2. The van der Waals surface area contributed by atoms with Crippen LogP contribution >= 0.6 is 11.5 Å². The summed E-state index contributed by atoms with van der Waals surface area (Å²) in [6.07, 6.45) is 0.608. The van der Waals surface area contributed by atoms with Gasteiger partial charge in [0.2, 0.25) is 5.13 Å². The van der Waals surface area contributed by atoms with Gasteiger partial charge in [-0.15, -0.1) is 0 Å². The lowest BCUT2D eigenvalue weighted by Crippen LogP contribution is -2.15. The number of rotatable bonds is 6. The summed E-state index contributed by atoms with van der Waals surface area (Å²) in [6.45, 7) is 6.38. The second-order valence-electron chi connectivity index (χ2n) is 6.16. The van der Waals surface area contributed by atoms with E-state index in [0.29, 0.717) is 6.42 Å². The van der Waals surface area contributed by atoms with E-state index in [1.54, 1.807) is 7.11 Å². The highest BCUT2D eigenvalue weighted by Gasteiger charge is 2.21. The third kappa shape index (κ3) is 4.18. The summed E-state index contributed by atoms with van der Waals surface area (Å²) in [5.74, 6) is 1.65. The molecule has 0 spiro atoms. The first-order valence-electron chi connectivity index (χ1n) is 7.29. The van der Waals surface area contributed by atoms with E-state index < -0.39 is 0 Å². The van der Waals surface area contributed by atoms with Crippen molar-refractivity contribution in [2.45, 2.75) is 38.6 Å². The van der Waals surface area contributed by atoms with E-state index in [4.69, 9.17) is 4.74 Å². The molecule has 0 saturated heterocycles. The maximum atomic E-state index is 9.31. The molecule has 2 N–H and O–H groups in total. The summed E-state index contributed by atoms with van der Waals surface area (Å²) >= 11 is 1.35. The van der Waals surface area contributed by atoms with Crippen molar-refractivity contribution in [1.29, 1.82) is 0 Å². The molecule has 2 rings (SSSR count). The van der Waals surface area contributed by atoms with Gasteiger partial charge in [0.25, 0.3) is 0 Å². The average Bonchev–Trinajstić information content (AvgIpc) is 2.96. The molecule has 0 aliphatic carbocycles. The lowest BCUT2D eigenvalue weighted by molar-refractivity contribution is 0.280. The smallest absolute Gasteiger partial charge is 0.203 e. The molecule has 0 saturated carbocycles. The standard InChI is InChI=1S/C16H23N3O2S/c1-16(2,3)14-18-15(22-19-14)17-13(9-10-20)11-5-7-12(21-4)8-6-11/h5-8,13,20H,9-10H2,1-4H3,(H,17,18,19). The Morgan fingerprint density at radius 1 is 1.27 bits per heavy atom. The van der Waals surface area contributed by atoms with Crippen LogP contribution in [0.1, 0.15) is 44.6 Å². The third-order valence-electron chi connectivity index (χ3n) is 3.33. The highest BCUT2D eigenvalue weighted by Crippen LogP contribution is 2.28.